The van der Waals surface area contributed by atoms with E-state index in [4.69, 9.17) is 9.26 Å². The van der Waals surface area contributed by atoms with Crippen LogP contribution in [0.15, 0.2) is 34.9 Å². The van der Waals surface area contributed by atoms with E-state index >= 15 is 0 Å². The first-order chi connectivity index (χ1) is 10.1. The van der Waals surface area contributed by atoms with E-state index in [0.29, 0.717) is 13.1 Å². The minimum Gasteiger partial charge on any atom is -0.469 e. The second-order valence-electron chi connectivity index (χ2n) is 4.92. The van der Waals surface area contributed by atoms with Crippen molar-refractivity contribution in [3.05, 3.63) is 52.9 Å². The number of nitrogens with zero attached hydrogens (tertiary/aromatic N) is 1. The van der Waals surface area contributed by atoms with Crippen LogP contribution in [-0.4, -0.2) is 24.8 Å². The van der Waals surface area contributed by atoms with Crippen LogP contribution in [0.3, 0.4) is 0 Å². The molecule has 0 saturated carbocycles. The summed E-state index contributed by atoms with van der Waals surface area (Å²) in [4.78, 5) is 11.9. The van der Waals surface area contributed by atoms with E-state index in [-0.39, 0.29) is 11.9 Å². The minimum atomic E-state index is -0.323. The van der Waals surface area contributed by atoms with Gasteiger partial charge in [-0.15, -0.1) is 0 Å². The monoisotopic (exact) mass is 288 g/mol. The van der Waals surface area contributed by atoms with Gasteiger partial charge in [0.2, 0.25) is 0 Å². The first-order valence-electron chi connectivity index (χ1n) is 6.88. The van der Waals surface area contributed by atoms with Gasteiger partial charge >= 0.3 is 5.97 Å². The fraction of sp³-hybridized carbons (Fsp3) is 0.375. The van der Waals surface area contributed by atoms with Gasteiger partial charge in [0.1, 0.15) is 5.76 Å². The lowest BCUT2D eigenvalue weighted by molar-refractivity contribution is -0.142. The molecule has 0 saturated heterocycles. The summed E-state index contributed by atoms with van der Waals surface area (Å²) in [5.41, 5.74) is 2.84. The molecule has 1 aromatic heterocycles. The Balaban J connectivity index is 2.02. The van der Waals surface area contributed by atoms with E-state index in [1.165, 1.54) is 7.11 Å². The predicted molar refractivity (Wildman–Crippen MR) is 78.9 cm³/mol. The number of aromatic nitrogens is 1. The van der Waals surface area contributed by atoms with E-state index in [1.807, 2.05) is 44.2 Å². The number of carbonyl (C=O) groups excluding carboxylic acids is 1. The number of aryl methyl sites for hydroxylation is 2. The molecule has 5 heteroatoms. The van der Waals surface area contributed by atoms with Crippen LogP contribution in [0.25, 0.3) is 0 Å². The zero-order chi connectivity index (χ0) is 15.2. The number of benzene rings is 1. The Morgan fingerprint density at radius 3 is 2.62 bits per heavy atom. The Labute approximate surface area is 124 Å². The highest BCUT2D eigenvalue weighted by atomic mass is 16.5. The lowest BCUT2D eigenvalue weighted by Crippen LogP contribution is -2.27. The molecule has 0 radical (unpaired) electrons. The van der Waals surface area contributed by atoms with Crippen LogP contribution in [0.1, 0.15) is 28.5 Å². The molecule has 5 nitrogen and oxygen atoms in total. The van der Waals surface area contributed by atoms with Gasteiger partial charge in [0.15, 0.2) is 0 Å². The Kier molecular flexibility index (Phi) is 5.11. The summed E-state index contributed by atoms with van der Waals surface area (Å²) in [6.45, 7) is 4.90. The van der Waals surface area contributed by atoms with Crippen molar-refractivity contribution < 1.29 is 14.1 Å². The maximum atomic E-state index is 11.9. The number of nitrogens with one attached hydrogen (secondary N) is 1. The van der Waals surface area contributed by atoms with Gasteiger partial charge in [-0.3, -0.25) is 4.79 Å². The summed E-state index contributed by atoms with van der Waals surface area (Å²) in [6, 6.07) is 9.62. The Morgan fingerprint density at radius 1 is 1.33 bits per heavy atom. The van der Waals surface area contributed by atoms with Gasteiger partial charge in [-0.05, 0) is 19.4 Å². The number of hydrogen-bond donors (Lipinski definition) is 1. The maximum Gasteiger partial charge on any atom is 0.314 e. The number of rotatable bonds is 6. The SMILES string of the molecule is COC(=O)C(CNCc1c(C)noc1C)c1ccccc1. The number of carbonyl (C=O) groups is 1. The lowest BCUT2D eigenvalue weighted by atomic mass is 9.99. The van der Waals surface area contributed by atoms with E-state index in [0.717, 1.165) is 22.6 Å². The third-order valence-corrected chi connectivity index (χ3v) is 3.52. The van der Waals surface area contributed by atoms with Crippen molar-refractivity contribution in [2.75, 3.05) is 13.7 Å². The topological polar surface area (TPSA) is 64.4 Å². The number of methoxy groups -OCH3 is 1. The van der Waals surface area contributed by atoms with E-state index in [9.17, 15) is 4.79 Å². The van der Waals surface area contributed by atoms with Crippen LogP contribution >= 0.6 is 0 Å². The molecule has 112 valence electrons. The normalized spacial score (nSPS) is 12.1. The van der Waals surface area contributed by atoms with E-state index in [2.05, 4.69) is 10.5 Å². The molecule has 0 fully saturated rings. The van der Waals surface area contributed by atoms with Crippen molar-refractivity contribution in [1.82, 2.24) is 10.5 Å². The molecule has 21 heavy (non-hydrogen) atoms. The summed E-state index contributed by atoms with van der Waals surface area (Å²) < 4.78 is 10.0. The van der Waals surface area contributed by atoms with Gasteiger partial charge in [-0.2, -0.15) is 0 Å². The smallest absolute Gasteiger partial charge is 0.314 e. The summed E-state index contributed by atoms with van der Waals surface area (Å²) in [6.07, 6.45) is 0. The Bertz CT molecular complexity index is 573. The predicted octanol–water partition coefficient (Wildman–Crippen LogP) is 2.34. The Morgan fingerprint density at radius 2 is 2.05 bits per heavy atom. The zero-order valence-corrected chi connectivity index (χ0v) is 12.6. The molecule has 1 aromatic carbocycles. The summed E-state index contributed by atoms with van der Waals surface area (Å²) in [5.74, 6) is 0.235. The summed E-state index contributed by atoms with van der Waals surface area (Å²) >= 11 is 0. The number of esters is 1. The van der Waals surface area contributed by atoms with Crippen molar-refractivity contribution >= 4 is 5.97 Å². The van der Waals surface area contributed by atoms with Crippen LogP contribution in [0.5, 0.6) is 0 Å². The quantitative estimate of drug-likeness (QED) is 0.827. The second kappa shape index (κ2) is 7.04. The van der Waals surface area contributed by atoms with Gasteiger partial charge in [-0.1, -0.05) is 35.5 Å². The van der Waals surface area contributed by atoms with Gasteiger partial charge in [0.25, 0.3) is 0 Å². The first kappa shape index (κ1) is 15.3. The average Bonchev–Trinajstić information content (AvgIpc) is 2.83. The highest BCUT2D eigenvalue weighted by Crippen LogP contribution is 2.17. The molecule has 0 aliphatic rings. The van der Waals surface area contributed by atoms with Gasteiger partial charge in [0.05, 0.1) is 18.7 Å². The highest BCUT2D eigenvalue weighted by Gasteiger charge is 2.21. The molecule has 1 unspecified atom stereocenters. The van der Waals surface area contributed by atoms with Crippen molar-refractivity contribution in [3.63, 3.8) is 0 Å². The summed E-state index contributed by atoms with van der Waals surface area (Å²) in [7, 11) is 1.41. The molecular weight excluding hydrogens is 268 g/mol. The molecule has 1 heterocycles. The van der Waals surface area contributed by atoms with Crippen LogP contribution in [0.2, 0.25) is 0 Å². The highest BCUT2D eigenvalue weighted by molar-refractivity contribution is 5.78. The van der Waals surface area contributed by atoms with Gasteiger partial charge in [0, 0.05) is 18.7 Å². The molecule has 2 aromatic rings. The largest absolute Gasteiger partial charge is 0.469 e. The van der Waals surface area contributed by atoms with Crippen LogP contribution in [0, 0.1) is 13.8 Å². The molecule has 0 bridgehead atoms. The van der Waals surface area contributed by atoms with Crippen molar-refractivity contribution in [2.45, 2.75) is 26.3 Å². The fourth-order valence-corrected chi connectivity index (χ4v) is 2.26. The molecule has 0 aliphatic heterocycles. The van der Waals surface area contributed by atoms with Crippen LogP contribution in [0.4, 0.5) is 0 Å². The Hall–Kier alpha value is -2.14. The molecule has 1 atom stereocenters. The summed E-state index contributed by atoms with van der Waals surface area (Å²) in [5, 5.41) is 7.20. The molecule has 0 amide bonds. The zero-order valence-electron chi connectivity index (χ0n) is 12.6. The first-order valence-corrected chi connectivity index (χ1v) is 6.88. The second-order valence-corrected chi connectivity index (χ2v) is 4.92. The molecular formula is C16H20N2O3. The molecule has 1 N–H and O–H groups in total. The lowest BCUT2D eigenvalue weighted by Gasteiger charge is -2.15. The molecule has 2 rings (SSSR count). The molecule has 0 aliphatic carbocycles. The van der Waals surface area contributed by atoms with E-state index in [1.54, 1.807) is 0 Å². The van der Waals surface area contributed by atoms with Gasteiger partial charge < -0.3 is 14.6 Å². The number of ether oxygens (including phenoxy) is 1. The van der Waals surface area contributed by atoms with Crippen LogP contribution < -0.4 is 5.32 Å². The fourth-order valence-electron chi connectivity index (χ4n) is 2.26. The number of hydrogen-bond acceptors (Lipinski definition) is 5. The standard InChI is InChI=1S/C16H20N2O3/c1-11-14(12(2)21-18-11)9-17-10-15(16(19)20-3)13-7-5-4-6-8-13/h4-8,15,17H,9-10H2,1-3H3. The minimum absolute atomic E-state index is 0.243. The third kappa shape index (κ3) is 3.70. The van der Waals surface area contributed by atoms with Gasteiger partial charge in [-0.25, -0.2) is 0 Å². The van der Waals surface area contributed by atoms with E-state index < -0.39 is 0 Å². The maximum absolute atomic E-state index is 11.9. The van der Waals surface area contributed by atoms with Crippen molar-refractivity contribution in [3.8, 4) is 0 Å². The molecule has 0 spiro atoms. The van der Waals surface area contributed by atoms with Crippen molar-refractivity contribution in [1.29, 1.82) is 0 Å². The average molecular weight is 288 g/mol. The van der Waals surface area contributed by atoms with Crippen LogP contribution in [-0.2, 0) is 16.1 Å². The van der Waals surface area contributed by atoms with Crippen molar-refractivity contribution in [2.24, 2.45) is 0 Å². The third-order valence-electron chi connectivity index (χ3n) is 3.52.